The van der Waals surface area contributed by atoms with Crippen molar-refractivity contribution in [1.82, 2.24) is 0 Å². The molecule has 0 aromatic carbocycles. The second-order valence-electron chi connectivity index (χ2n) is 9.33. The van der Waals surface area contributed by atoms with Crippen LogP contribution in [0.1, 0.15) is 65.2 Å². The van der Waals surface area contributed by atoms with Gasteiger partial charge in [-0.1, -0.05) is 13.8 Å². The Kier molecular flexibility index (Phi) is 3.44. The second kappa shape index (κ2) is 4.92. The van der Waals surface area contributed by atoms with Gasteiger partial charge >= 0.3 is 0 Å². The molecule has 4 fully saturated rings. The summed E-state index contributed by atoms with van der Waals surface area (Å²) in [6.45, 7) is 4.58. The molecule has 0 spiro atoms. The topological polar surface area (TPSA) is 40.5 Å². The molecule has 22 heavy (non-hydrogen) atoms. The molecule has 3 heteroatoms. The molecule has 2 N–H and O–H groups in total. The number of halogens is 1. The van der Waals surface area contributed by atoms with Crippen LogP contribution in [0.15, 0.2) is 0 Å². The summed E-state index contributed by atoms with van der Waals surface area (Å²) in [6.07, 6.45) is 6.22. The minimum absolute atomic E-state index is 0.105. The van der Waals surface area contributed by atoms with E-state index >= 15 is 0 Å². The van der Waals surface area contributed by atoms with E-state index in [1.807, 2.05) is 0 Å². The number of hydrogen-bond donors (Lipinski definition) is 2. The number of fused-ring (bicyclic) bond motifs is 5. The van der Waals surface area contributed by atoms with E-state index in [1.54, 1.807) is 0 Å². The van der Waals surface area contributed by atoms with Crippen LogP contribution in [0.25, 0.3) is 0 Å². The molecule has 0 bridgehead atoms. The van der Waals surface area contributed by atoms with Crippen molar-refractivity contribution in [3.8, 4) is 0 Å². The Morgan fingerprint density at radius 2 is 1.59 bits per heavy atom. The van der Waals surface area contributed by atoms with E-state index in [4.69, 9.17) is 0 Å². The molecule has 4 aliphatic carbocycles. The normalized spacial score (nSPS) is 61.2. The van der Waals surface area contributed by atoms with E-state index in [1.165, 1.54) is 12.8 Å². The zero-order valence-electron chi connectivity index (χ0n) is 14.0. The monoisotopic (exact) mass is 310 g/mol. The second-order valence-corrected chi connectivity index (χ2v) is 9.33. The number of aliphatic hydroxyl groups is 2. The molecule has 0 heterocycles. The number of alkyl halides is 1. The summed E-state index contributed by atoms with van der Waals surface area (Å²) in [5.41, 5.74) is 0.140. The molecule has 2 nitrogen and oxygen atoms in total. The first kappa shape index (κ1) is 15.4. The molecule has 0 amide bonds. The smallest absolute Gasteiger partial charge is 0.127 e. The van der Waals surface area contributed by atoms with E-state index in [9.17, 15) is 14.6 Å². The van der Waals surface area contributed by atoms with Crippen molar-refractivity contribution in [2.75, 3.05) is 0 Å². The maximum absolute atomic E-state index is 14.2. The van der Waals surface area contributed by atoms with Crippen LogP contribution in [0.2, 0.25) is 0 Å². The van der Waals surface area contributed by atoms with E-state index < -0.39 is 12.3 Å². The van der Waals surface area contributed by atoms with E-state index in [0.29, 0.717) is 35.5 Å². The van der Waals surface area contributed by atoms with E-state index in [0.717, 1.165) is 32.1 Å². The molecule has 0 unspecified atom stereocenters. The molecule has 4 saturated carbocycles. The third-order valence-electron chi connectivity index (χ3n) is 8.57. The Morgan fingerprint density at radius 1 is 0.864 bits per heavy atom. The Hall–Kier alpha value is -0.150. The van der Waals surface area contributed by atoms with Crippen LogP contribution >= 0.6 is 0 Å². The van der Waals surface area contributed by atoms with Gasteiger partial charge in [-0.15, -0.1) is 0 Å². The molecule has 0 saturated heterocycles. The summed E-state index contributed by atoms with van der Waals surface area (Å²) in [6, 6.07) is 0. The zero-order valence-corrected chi connectivity index (χ0v) is 14.0. The van der Waals surface area contributed by atoms with Crippen molar-refractivity contribution in [3.63, 3.8) is 0 Å². The summed E-state index contributed by atoms with van der Waals surface area (Å²) < 4.78 is 14.2. The fourth-order valence-electron chi connectivity index (χ4n) is 7.18. The Morgan fingerprint density at radius 3 is 2.36 bits per heavy atom. The molecule has 9 atom stereocenters. The molecule has 0 aromatic heterocycles. The lowest BCUT2D eigenvalue weighted by Gasteiger charge is -2.60. The number of rotatable bonds is 0. The standard InChI is InChI=1S/C19H31FO2/c1-18-7-5-12(21)9-11(18)3-4-13-14(18)6-8-19(2)15(13)10-16(20)17(19)22/h11-17,21-22H,3-10H2,1-2H3/t11-,12-,13-,14+,15+,16-,17+,18+,19+/m1/s1. The van der Waals surface area contributed by atoms with Gasteiger partial charge in [0.2, 0.25) is 0 Å². The van der Waals surface area contributed by atoms with E-state index in [2.05, 4.69) is 13.8 Å². The average Bonchev–Trinajstić information content (AvgIpc) is 2.72. The van der Waals surface area contributed by atoms with Gasteiger partial charge in [-0.2, -0.15) is 0 Å². The maximum atomic E-state index is 14.2. The predicted molar refractivity (Wildman–Crippen MR) is 84.0 cm³/mol. The summed E-state index contributed by atoms with van der Waals surface area (Å²) in [5, 5.41) is 20.4. The van der Waals surface area contributed by atoms with Gasteiger partial charge in [0, 0.05) is 0 Å². The highest BCUT2D eigenvalue weighted by atomic mass is 19.1. The Bertz CT molecular complexity index is 455. The van der Waals surface area contributed by atoms with Crippen LogP contribution in [0, 0.1) is 34.5 Å². The van der Waals surface area contributed by atoms with Crippen molar-refractivity contribution in [2.45, 2.75) is 83.6 Å². The largest absolute Gasteiger partial charge is 0.393 e. The SMILES string of the molecule is C[C@]12CC[C@@H](O)C[C@H]1CC[C@@H]1[C@@H]2CC[C@]2(C)[C@@H](O)[C@H](F)C[C@@H]12. The third-order valence-corrected chi connectivity index (χ3v) is 8.57. The highest BCUT2D eigenvalue weighted by Gasteiger charge is 2.62. The van der Waals surface area contributed by atoms with Gasteiger partial charge in [0.1, 0.15) is 6.17 Å². The first-order valence-corrected chi connectivity index (χ1v) is 9.36. The van der Waals surface area contributed by atoms with Crippen molar-refractivity contribution in [3.05, 3.63) is 0 Å². The molecule has 4 rings (SSSR count). The summed E-state index contributed by atoms with van der Waals surface area (Å²) in [7, 11) is 0. The number of aliphatic hydroxyl groups excluding tert-OH is 2. The molecule has 4 aliphatic rings. The van der Waals surface area contributed by atoms with Crippen LogP contribution in [-0.4, -0.2) is 28.6 Å². The lowest BCUT2D eigenvalue weighted by Crippen LogP contribution is -2.54. The quantitative estimate of drug-likeness (QED) is 0.716. The third kappa shape index (κ3) is 1.90. The minimum atomic E-state index is -1.02. The van der Waals surface area contributed by atoms with Gasteiger partial charge in [-0.25, -0.2) is 4.39 Å². The van der Waals surface area contributed by atoms with E-state index in [-0.39, 0.29) is 11.5 Å². The summed E-state index contributed by atoms with van der Waals surface area (Å²) in [4.78, 5) is 0. The van der Waals surface area contributed by atoms with Crippen LogP contribution in [0.4, 0.5) is 4.39 Å². The predicted octanol–water partition coefficient (Wildman–Crippen LogP) is 3.70. The molecule has 126 valence electrons. The molecule has 0 aliphatic heterocycles. The molecular weight excluding hydrogens is 279 g/mol. The fraction of sp³-hybridized carbons (Fsp3) is 1.00. The van der Waals surface area contributed by atoms with Crippen molar-refractivity contribution in [1.29, 1.82) is 0 Å². The van der Waals surface area contributed by atoms with Crippen molar-refractivity contribution in [2.24, 2.45) is 34.5 Å². The molecule has 0 radical (unpaired) electrons. The van der Waals surface area contributed by atoms with Gasteiger partial charge in [0.15, 0.2) is 0 Å². The van der Waals surface area contributed by atoms with Crippen LogP contribution in [0.3, 0.4) is 0 Å². The van der Waals surface area contributed by atoms with Gasteiger partial charge < -0.3 is 10.2 Å². The highest BCUT2D eigenvalue weighted by Crippen LogP contribution is 2.66. The van der Waals surface area contributed by atoms with Crippen LogP contribution < -0.4 is 0 Å². The average molecular weight is 310 g/mol. The molecular formula is C19H31FO2. The first-order valence-electron chi connectivity index (χ1n) is 9.36. The van der Waals surface area contributed by atoms with Gasteiger partial charge in [0.05, 0.1) is 12.2 Å². The van der Waals surface area contributed by atoms with Crippen molar-refractivity contribution < 1.29 is 14.6 Å². The first-order chi connectivity index (χ1) is 10.4. The van der Waals surface area contributed by atoms with Crippen molar-refractivity contribution >= 4 is 0 Å². The Labute approximate surface area is 133 Å². The number of hydrogen-bond acceptors (Lipinski definition) is 2. The minimum Gasteiger partial charge on any atom is -0.393 e. The molecule has 0 aromatic rings. The van der Waals surface area contributed by atoms with Crippen LogP contribution in [-0.2, 0) is 0 Å². The van der Waals surface area contributed by atoms with Gasteiger partial charge in [0.25, 0.3) is 0 Å². The maximum Gasteiger partial charge on any atom is 0.127 e. The summed E-state index contributed by atoms with van der Waals surface area (Å²) in [5.74, 6) is 2.27. The highest BCUT2D eigenvalue weighted by molar-refractivity contribution is 5.11. The Balaban J connectivity index is 1.63. The van der Waals surface area contributed by atoms with Gasteiger partial charge in [-0.3, -0.25) is 0 Å². The van der Waals surface area contributed by atoms with Crippen LogP contribution in [0.5, 0.6) is 0 Å². The zero-order chi connectivity index (χ0) is 15.7. The summed E-state index contributed by atoms with van der Waals surface area (Å²) >= 11 is 0. The lowest BCUT2D eigenvalue weighted by atomic mass is 9.45. The van der Waals surface area contributed by atoms with Gasteiger partial charge in [-0.05, 0) is 85.9 Å². The lowest BCUT2D eigenvalue weighted by molar-refractivity contribution is -0.134. The fourth-order valence-corrected chi connectivity index (χ4v) is 7.18.